The van der Waals surface area contributed by atoms with Crippen molar-refractivity contribution in [2.45, 2.75) is 51.6 Å². The lowest BCUT2D eigenvalue weighted by Crippen LogP contribution is -2.51. The van der Waals surface area contributed by atoms with Gasteiger partial charge in [0, 0.05) is 18.1 Å². The molecule has 0 heterocycles. The highest BCUT2D eigenvalue weighted by molar-refractivity contribution is 7.92. The fourth-order valence-corrected chi connectivity index (χ4v) is 5.61. The van der Waals surface area contributed by atoms with Crippen molar-refractivity contribution in [3.8, 4) is 5.75 Å². The summed E-state index contributed by atoms with van der Waals surface area (Å²) < 4.78 is 34.7. The van der Waals surface area contributed by atoms with Crippen molar-refractivity contribution in [3.05, 3.63) is 88.9 Å². The molecular weight excluding hydrogens is 550 g/mol. The minimum Gasteiger partial charge on any atom is -0.492 e. The number of sulfonamides is 1. The molecule has 1 N–H and O–H groups in total. The summed E-state index contributed by atoms with van der Waals surface area (Å²) in [4.78, 5) is 28.3. The van der Waals surface area contributed by atoms with Crippen molar-refractivity contribution in [3.63, 3.8) is 0 Å². The number of nitrogens with zero attached hydrogens (tertiary/aromatic N) is 2. The molecule has 0 radical (unpaired) electrons. The molecular formula is C30H36ClN3O5S. The van der Waals surface area contributed by atoms with Gasteiger partial charge < -0.3 is 15.0 Å². The number of benzene rings is 3. The van der Waals surface area contributed by atoms with Crippen LogP contribution in [0, 0.1) is 6.92 Å². The maximum atomic E-state index is 14.0. The SMILES string of the molecule is CCCNC(=O)[C@H](C)N(Cc1ccc(C)cc1)C(=O)CN(c1ccccc1OCC)S(=O)(=O)c1ccc(Cl)cc1. The Bertz CT molecular complexity index is 1400. The highest BCUT2D eigenvalue weighted by atomic mass is 35.5. The number of carbonyl (C=O) groups excluding carboxylic acids is 2. The van der Waals surface area contributed by atoms with E-state index in [2.05, 4.69) is 5.32 Å². The van der Waals surface area contributed by atoms with Crippen LogP contribution in [0.4, 0.5) is 5.69 Å². The van der Waals surface area contributed by atoms with Crippen molar-refractivity contribution < 1.29 is 22.7 Å². The fourth-order valence-electron chi connectivity index (χ4n) is 4.06. The van der Waals surface area contributed by atoms with Gasteiger partial charge in [0.25, 0.3) is 10.0 Å². The number of hydrogen-bond acceptors (Lipinski definition) is 5. The highest BCUT2D eigenvalue weighted by Crippen LogP contribution is 2.33. The van der Waals surface area contributed by atoms with Gasteiger partial charge in [-0.15, -0.1) is 0 Å². The Kier molecular flexibility index (Phi) is 11.0. The van der Waals surface area contributed by atoms with Crippen LogP contribution in [0.25, 0.3) is 0 Å². The summed E-state index contributed by atoms with van der Waals surface area (Å²) in [7, 11) is -4.23. The van der Waals surface area contributed by atoms with Crippen LogP contribution in [0.1, 0.15) is 38.3 Å². The molecule has 2 amide bonds. The van der Waals surface area contributed by atoms with Gasteiger partial charge in [0.1, 0.15) is 18.3 Å². The zero-order valence-corrected chi connectivity index (χ0v) is 24.8. The standard InChI is InChI=1S/C30H36ClN3O5S/c1-5-19-32-30(36)23(4)33(20-24-13-11-22(3)12-14-24)29(35)21-34(27-9-7-8-10-28(27)39-6-2)40(37,38)26-17-15-25(31)16-18-26/h7-18,23H,5-6,19-21H2,1-4H3,(H,32,36)/t23-/m0/s1. The Labute approximate surface area is 241 Å². The summed E-state index contributed by atoms with van der Waals surface area (Å²) in [5, 5.41) is 3.22. The van der Waals surface area contributed by atoms with Gasteiger partial charge in [-0.25, -0.2) is 8.42 Å². The lowest BCUT2D eigenvalue weighted by Gasteiger charge is -2.32. The van der Waals surface area contributed by atoms with Crippen LogP contribution < -0.4 is 14.4 Å². The van der Waals surface area contributed by atoms with Crippen LogP contribution in [-0.2, 0) is 26.2 Å². The third-order valence-electron chi connectivity index (χ3n) is 6.30. The summed E-state index contributed by atoms with van der Waals surface area (Å²) in [6, 6.07) is 19.2. The minimum atomic E-state index is -4.23. The number of halogens is 1. The van der Waals surface area contributed by atoms with Gasteiger partial charge in [0.05, 0.1) is 17.2 Å². The number of rotatable bonds is 13. The number of amides is 2. The van der Waals surface area contributed by atoms with Crippen LogP contribution in [0.3, 0.4) is 0 Å². The average Bonchev–Trinajstić information content (AvgIpc) is 2.94. The molecule has 0 unspecified atom stereocenters. The average molecular weight is 586 g/mol. The van der Waals surface area contributed by atoms with Gasteiger partial charge in [-0.1, -0.05) is 60.5 Å². The van der Waals surface area contributed by atoms with E-state index in [-0.39, 0.29) is 23.0 Å². The van der Waals surface area contributed by atoms with Crippen LogP contribution in [0.15, 0.2) is 77.7 Å². The second-order valence-corrected chi connectivity index (χ2v) is 11.6. The first-order valence-electron chi connectivity index (χ1n) is 13.2. The number of para-hydroxylation sites is 2. The summed E-state index contributed by atoms with van der Waals surface area (Å²) in [6.07, 6.45) is 0.742. The van der Waals surface area contributed by atoms with Gasteiger partial charge in [0.15, 0.2) is 0 Å². The third kappa shape index (κ3) is 7.76. The molecule has 3 rings (SSSR count). The first kappa shape index (κ1) is 31.0. The monoisotopic (exact) mass is 585 g/mol. The number of aryl methyl sites for hydroxylation is 1. The molecule has 0 fully saturated rings. The van der Waals surface area contributed by atoms with Crippen LogP contribution in [0.5, 0.6) is 5.75 Å². The van der Waals surface area contributed by atoms with Crippen molar-refractivity contribution >= 4 is 39.1 Å². The molecule has 0 saturated heterocycles. The molecule has 3 aromatic carbocycles. The van der Waals surface area contributed by atoms with E-state index in [0.29, 0.717) is 23.9 Å². The van der Waals surface area contributed by atoms with Crippen molar-refractivity contribution in [1.29, 1.82) is 0 Å². The largest absolute Gasteiger partial charge is 0.492 e. The van der Waals surface area contributed by atoms with Gasteiger partial charge in [0.2, 0.25) is 11.8 Å². The normalized spacial score (nSPS) is 11.9. The Hall–Kier alpha value is -3.56. The van der Waals surface area contributed by atoms with Crippen molar-refractivity contribution in [1.82, 2.24) is 10.2 Å². The molecule has 3 aromatic rings. The van der Waals surface area contributed by atoms with Crippen LogP contribution in [-0.4, -0.2) is 50.9 Å². The topological polar surface area (TPSA) is 96.0 Å². The number of hydrogen-bond donors (Lipinski definition) is 1. The first-order valence-corrected chi connectivity index (χ1v) is 15.0. The molecule has 0 aromatic heterocycles. The molecule has 40 heavy (non-hydrogen) atoms. The first-order chi connectivity index (χ1) is 19.1. The van der Waals surface area contributed by atoms with Gasteiger partial charge in [-0.05, 0) is 69.2 Å². The molecule has 1 atom stereocenters. The van der Waals surface area contributed by atoms with E-state index < -0.39 is 28.5 Å². The van der Waals surface area contributed by atoms with E-state index in [9.17, 15) is 18.0 Å². The summed E-state index contributed by atoms with van der Waals surface area (Å²) in [5.74, 6) is -0.540. The summed E-state index contributed by atoms with van der Waals surface area (Å²) >= 11 is 6.01. The zero-order chi connectivity index (χ0) is 29.3. The maximum absolute atomic E-state index is 14.0. The van der Waals surface area contributed by atoms with Crippen molar-refractivity contribution in [2.24, 2.45) is 0 Å². The quantitative estimate of drug-likeness (QED) is 0.298. The predicted octanol–water partition coefficient (Wildman–Crippen LogP) is 5.19. The molecule has 0 spiro atoms. The molecule has 0 aliphatic heterocycles. The summed E-state index contributed by atoms with van der Waals surface area (Å²) in [6.45, 7) is 7.68. The Morgan fingerprint density at radius 3 is 2.25 bits per heavy atom. The van der Waals surface area contributed by atoms with Crippen molar-refractivity contribution in [2.75, 3.05) is 24.0 Å². The van der Waals surface area contributed by atoms with Gasteiger partial charge >= 0.3 is 0 Å². The minimum absolute atomic E-state index is 0.0326. The maximum Gasteiger partial charge on any atom is 0.264 e. The van der Waals surface area contributed by atoms with E-state index >= 15 is 0 Å². The summed E-state index contributed by atoms with van der Waals surface area (Å²) in [5.41, 5.74) is 2.09. The van der Waals surface area contributed by atoms with E-state index in [1.807, 2.05) is 38.1 Å². The van der Waals surface area contributed by atoms with E-state index in [1.54, 1.807) is 38.1 Å². The van der Waals surface area contributed by atoms with E-state index in [0.717, 1.165) is 21.9 Å². The number of ether oxygens (including phenoxy) is 1. The number of anilines is 1. The lowest BCUT2D eigenvalue weighted by atomic mass is 10.1. The van der Waals surface area contributed by atoms with Crippen LogP contribution in [0.2, 0.25) is 5.02 Å². The smallest absolute Gasteiger partial charge is 0.264 e. The Morgan fingerprint density at radius 2 is 1.62 bits per heavy atom. The number of carbonyl (C=O) groups is 2. The van der Waals surface area contributed by atoms with E-state index in [4.69, 9.17) is 16.3 Å². The number of nitrogens with one attached hydrogen (secondary N) is 1. The molecule has 8 nitrogen and oxygen atoms in total. The van der Waals surface area contributed by atoms with Gasteiger partial charge in [-0.3, -0.25) is 13.9 Å². The zero-order valence-electron chi connectivity index (χ0n) is 23.3. The molecule has 0 aliphatic carbocycles. The second kappa shape index (κ2) is 14.2. The lowest BCUT2D eigenvalue weighted by molar-refractivity contribution is -0.139. The third-order valence-corrected chi connectivity index (χ3v) is 8.33. The molecule has 0 aliphatic rings. The molecule has 10 heteroatoms. The molecule has 0 saturated carbocycles. The Balaban J connectivity index is 2.06. The fraction of sp³-hybridized carbons (Fsp3) is 0.333. The van der Waals surface area contributed by atoms with E-state index in [1.165, 1.54) is 29.2 Å². The Morgan fingerprint density at radius 1 is 0.975 bits per heavy atom. The molecule has 0 bridgehead atoms. The second-order valence-electron chi connectivity index (χ2n) is 9.34. The van der Waals surface area contributed by atoms with Gasteiger partial charge in [-0.2, -0.15) is 0 Å². The highest BCUT2D eigenvalue weighted by Gasteiger charge is 2.33. The molecule has 214 valence electrons. The van der Waals surface area contributed by atoms with Crippen LogP contribution >= 0.6 is 11.6 Å². The predicted molar refractivity (Wildman–Crippen MR) is 158 cm³/mol.